The molecular weight excluding hydrogens is 777 g/mol. The van der Waals surface area contributed by atoms with Crippen molar-refractivity contribution in [1.29, 1.82) is 5.26 Å². The highest BCUT2D eigenvalue weighted by Crippen LogP contribution is 2.39. The summed E-state index contributed by atoms with van der Waals surface area (Å²) in [6.07, 6.45) is 0.221. The van der Waals surface area contributed by atoms with Crippen molar-refractivity contribution in [2.45, 2.75) is 32.4 Å². The molecular formula is C42H36N8O10. The molecule has 0 aliphatic carbocycles. The first-order chi connectivity index (χ1) is 28.6. The molecule has 5 rings (SSSR count). The normalized spacial score (nSPS) is 11.0. The van der Waals surface area contributed by atoms with Crippen LogP contribution in [0.4, 0.5) is 22.7 Å². The summed E-state index contributed by atoms with van der Waals surface area (Å²) in [4.78, 5) is 92.0. The van der Waals surface area contributed by atoms with Crippen molar-refractivity contribution in [3.8, 4) is 17.6 Å². The number of carboxylic acid groups (broad SMARTS) is 1. The summed E-state index contributed by atoms with van der Waals surface area (Å²) in [5.41, 5.74) is 6.62. The van der Waals surface area contributed by atoms with Crippen molar-refractivity contribution in [3.63, 3.8) is 0 Å². The Hall–Kier alpha value is -8.59. The van der Waals surface area contributed by atoms with Crippen LogP contribution in [0.3, 0.4) is 0 Å². The fraction of sp³-hybridized carbons (Fsp3) is 0.119. The molecule has 4 aromatic carbocycles. The third-order valence-electron chi connectivity index (χ3n) is 8.35. The van der Waals surface area contributed by atoms with Gasteiger partial charge in [0.2, 0.25) is 11.8 Å². The summed E-state index contributed by atoms with van der Waals surface area (Å²) in [5.74, 6) is -6.12. The van der Waals surface area contributed by atoms with Gasteiger partial charge in [0.15, 0.2) is 11.5 Å². The predicted octanol–water partition coefficient (Wildman–Crippen LogP) is 4.51. The van der Waals surface area contributed by atoms with E-state index in [-0.39, 0.29) is 56.3 Å². The topological polar surface area (TPSA) is 292 Å². The molecule has 0 aliphatic heterocycles. The van der Waals surface area contributed by atoms with Crippen LogP contribution in [0.5, 0.6) is 11.5 Å². The van der Waals surface area contributed by atoms with Gasteiger partial charge in [-0.1, -0.05) is 0 Å². The van der Waals surface area contributed by atoms with Crippen molar-refractivity contribution in [2.24, 2.45) is 5.73 Å². The molecule has 1 atom stereocenters. The lowest BCUT2D eigenvalue weighted by Gasteiger charge is -2.19. The fourth-order valence-corrected chi connectivity index (χ4v) is 5.39. The van der Waals surface area contributed by atoms with Gasteiger partial charge in [-0.2, -0.15) is 5.26 Å². The van der Waals surface area contributed by atoms with Crippen molar-refractivity contribution >= 4 is 64.2 Å². The van der Waals surface area contributed by atoms with Gasteiger partial charge in [-0.3, -0.25) is 28.8 Å². The number of hydrogen-bond acceptors (Lipinski definition) is 11. The van der Waals surface area contributed by atoms with Gasteiger partial charge in [0.25, 0.3) is 23.6 Å². The van der Waals surface area contributed by atoms with Crippen molar-refractivity contribution in [1.82, 2.24) is 10.3 Å². The SMILES string of the molecule is CC(C)Oc1c(NC(=O)c2ccc(NC(=O)C(CC(N)=O)NC(=O)c3ccc(NC(=O)c4ccc(C#N)nc4)cc3)cc2)ccc(C(=O)Nc2ccc(C(=O)O)cc2)c1O. The maximum Gasteiger partial charge on any atom is 0.335 e. The molecule has 1 heterocycles. The number of carbonyl (C=O) groups is 7. The molecule has 6 amide bonds. The van der Waals surface area contributed by atoms with E-state index < -0.39 is 65.7 Å². The average molecular weight is 813 g/mol. The van der Waals surface area contributed by atoms with Gasteiger partial charge in [-0.05, 0) is 111 Å². The zero-order valence-corrected chi connectivity index (χ0v) is 31.8. The Kier molecular flexibility index (Phi) is 13.5. The summed E-state index contributed by atoms with van der Waals surface area (Å²) < 4.78 is 5.76. The highest BCUT2D eigenvalue weighted by Gasteiger charge is 2.25. The minimum Gasteiger partial charge on any atom is -0.504 e. The van der Waals surface area contributed by atoms with E-state index in [1.165, 1.54) is 103 Å². The Morgan fingerprint density at radius 2 is 1.20 bits per heavy atom. The molecule has 0 radical (unpaired) electrons. The molecule has 5 aromatic rings. The van der Waals surface area contributed by atoms with Crippen LogP contribution < -0.4 is 37.1 Å². The number of nitrogens with one attached hydrogen (secondary N) is 5. The van der Waals surface area contributed by atoms with Gasteiger partial charge < -0.3 is 47.3 Å². The first-order valence-corrected chi connectivity index (χ1v) is 17.9. The average Bonchev–Trinajstić information content (AvgIpc) is 3.22. The molecule has 1 aromatic heterocycles. The zero-order chi connectivity index (χ0) is 43.5. The van der Waals surface area contributed by atoms with E-state index in [9.17, 15) is 38.7 Å². The maximum atomic E-state index is 13.3. The second-order valence-electron chi connectivity index (χ2n) is 13.1. The number of nitrogens with two attached hydrogens (primary N) is 1. The molecule has 18 heteroatoms. The maximum absolute atomic E-state index is 13.3. The molecule has 0 saturated carbocycles. The van der Waals surface area contributed by atoms with Crippen LogP contribution in [0.1, 0.15) is 77.8 Å². The number of phenolic OH excluding ortho intramolecular Hbond substituents is 1. The zero-order valence-electron chi connectivity index (χ0n) is 31.8. The van der Waals surface area contributed by atoms with Crippen LogP contribution in [0.15, 0.2) is 103 Å². The van der Waals surface area contributed by atoms with E-state index in [4.69, 9.17) is 20.8 Å². The minimum absolute atomic E-state index is 0.0187. The Labute approximate surface area is 341 Å². The second-order valence-corrected chi connectivity index (χ2v) is 13.1. The number of ether oxygens (including phenoxy) is 1. The molecule has 0 spiro atoms. The molecule has 18 nitrogen and oxygen atoms in total. The van der Waals surface area contributed by atoms with Gasteiger partial charge >= 0.3 is 5.97 Å². The van der Waals surface area contributed by atoms with Crippen molar-refractivity contribution < 1.29 is 48.5 Å². The van der Waals surface area contributed by atoms with Gasteiger partial charge in [0, 0.05) is 34.4 Å². The van der Waals surface area contributed by atoms with E-state index in [0.29, 0.717) is 5.69 Å². The van der Waals surface area contributed by atoms with Crippen LogP contribution in [-0.4, -0.2) is 68.8 Å². The lowest BCUT2D eigenvalue weighted by atomic mass is 10.1. The molecule has 304 valence electrons. The van der Waals surface area contributed by atoms with Gasteiger partial charge in [-0.15, -0.1) is 0 Å². The van der Waals surface area contributed by atoms with E-state index in [0.717, 1.165) is 0 Å². The Morgan fingerprint density at radius 3 is 1.72 bits per heavy atom. The number of nitrogens with zero attached hydrogens (tertiary/aromatic N) is 2. The standard InChI is InChI=1S/C42H36N8O10/c1-22(2)60-36-32(18-17-31(35(36)52)40(56)47-28-14-7-25(8-15-28)42(58)59)49-37(53)23-5-12-29(13-6-23)48-41(57)33(19-34(44)51)50-38(54)24-3-10-27(11-4-24)46-39(55)26-9-16-30(20-43)45-21-26/h3-18,21-22,33,52H,19H2,1-2H3,(H2,44,51)(H,46,55)(H,47,56)(H,48,57)(H,49,53)(H,50,54)(H,58,59). The Morgan fingerprint density at radius 1 is 0.683 bits per heavy atom. The highest BCUT2D eigenvalue weighted by atomic mass is 16.5. The van der Waals surface area contributed by atoms with E-state index in [1.807, 2.05) is 6.07 Å². The Balaban J connectivity index is 1.21. The van der Waals surface area contributed by atoms with Crippen LogP contribution >= 0.6 is 0 Å². The number of aromatic carboxylic acids is 1. The number of rotatable bonds is 15. The first-order valence-electron chi connectivity index (χ1n) is 17.9. The van der Waals surface area contributed by atoms with E-state index in [2.05, 4.69) is 31.6 Å². The number of pyridine rings is 1. The number of anilines is 4. The predicted molar refractivity (Wildman–Crippen MR) is 217 cm³/mol. The number of nitriles is 1. The lowest BCUT2D eigenvalue weighted by Crippen LogP contribution is -2.46. The molecule has 1 unspecified atom stereocenters. The summed E-state index contributed by atoms with van der Waals surface area (Å²) in [7, 11) is 0. The molecule has 0 fully saturated rings. The van der Waals surface area contributed by atoms with E-state index >= 15 is 0 Å². The molecule has 0 aliphatic rings. The summed E-state index contributed by atoms with van der Waals surface area (Å²) in [6.45, 7) is 3.35. The monoisotopic (exact) mass is 812 g/mol. The lowest BCUT2D eigenvalue weighted by molar-refractivity contribution is -0.123. The third-order valence-corrected chi connectivity index (χ3v) is 8.35. The number of phenols is 1. The number of aromatic nitrogens is 1. The number of aromatic hydroxyl groups is 1. The second kappa shape index (κ2) is 19.0. The quantitative estimate of drug-likeness (QED) is 0.0724. The minimum atomic E-state index is -1.39. The largest absolute Gasteiger partial charge is 0.504 e. The van der Waals surface area contributed by atoms with Gasteiger partial charge in [-0.25, -0.2) is 9.78 Å². The van der Waals surface area contributed by atoms with Gasteiger partial charge in [0.05, 0.1) is 34.9 Å². The number of hydrogen-bond donors (Lipinski definition) is 8. The highest BCUT2D eigenvalue weighted by molar-refractivity contribution is 6.10. The third kappa shape index (κ3) is 11.0. The van der Waals surface area contributed by atoms with Gasteiger partial charge in [0.1, 0.15) is 17.8 Å². The first kappa shape index (κ1) is 42.6. The molecule has 0 bridgehead atoms. The molecule has 60 heavy (non-hydrogen) atoms. The summed E-state index contributed by atoms with van der Waals surface area (Å²) in [6, 6.07) is 22.6. The summed E-state index contributed by atoms with van der Waals surface area (Å²) >= 11 is 0. The number of carbonyl (C=O) groups excluding carboxylic acids is 6. The van der Waals surface area contributed by atoms with Crippen molar-refractivity contribution in [2.75, 3.05) is 21.3 Å². The molecule has 9 N–H and O–H groups in total. The van der Waals surface area contributed by atoms with Crippen LogP contribution in [0, 0.1) is 11.3 Å². The van der Waals surface area contributed by atoms with Crippen LogP contribution in [0.25, 0.3) is 0 Å². The number of benzene rings is 4. The number of carboxylic acids is 1. The fourth-order valence-electron chi connectivity index (χ4n) is 5.39. The molecule has 0 saturated heterocycles. The Bertz CT molecular complexity index is 2500. The van der Waals surface area contributed by atoms with Crippen LogP contribution in [-0.2, 0) is 9.59 Å². The van der Waals surface area contributed by atoms with E-state index in [1.54, 1.807) is 13.8 Å². The summed E-state index contributed by atoms with van der Waals surface area (Å²) in [5, 5.41) is 42.0. The van der Waals surface area contributed by atoms with Crippen LogP contribution in [0.2, 0.25) is 0 Å². The number of primary amides is 1. The van der Waals surface area contributed by atoms with Crippen molar-refractivity contribution in [3.05, 3.63) is 137 Å². The smallest absolute Gasteiger partial charge is 0.335 e. The number of amides is 6.